The highest BCUT2D eigenvalue weighted by atomic mass is 16.2. The molecule has 2 aromatic carbocycles. The Balaban J connectivity index is 1.93. The predicted molar refractivity (Wildman–Crippen MR) is 86.0 cm³/mol. The normalized spacial score (nSPS) is 17.5. The third-order valence-electron chi connectivity index (χ3n) is 4.15. The smallest absolute Gasteiger partial charge is 0.254 e. The Kier molecular flexibility index (Phi) is 4.05. The van der Waals surface area contributed by atoms with Crippen LogP contribution in [0.5, 0.6) is 0 Å². The van der Waals surface area contributed by atoms with E-state index in [1.165, 1.54) is 0 Å². The maximum atomic E-state index is 12.7. The van der Waals surface area contributed by atoms with Crippen molar-refractivity contribution in [2.75, 3.05) is 13.1 Å². The lowest BCUT2D eigenvalue weighted by Crippen LogP contribution is -2.29. The molecule has 0 radical (unpaired) electrons. The minimum Gasteiger partial charge on any atom is -0.338 e. The molecule has 1 fully saturated rings. The molecule has 1 aliphatic heterocycles. The van der Waals surface area contributed by atoms with E-state index in [2.05, 4.69) is 6.92 Å². The van der Waals surface area contributed by atoms with Crippen LogP contribution in [0.4, 0.5) is 0 Å². The van der Waals surface area contributed by atoms with Gasteiger partial charge in [0.1, 0.15) is 0 Å². The number of hydrogen-bond donors (Lipinski definition) is 0. The number of rotatable bonds is 3. The summed E-state index contributed by atoms with van der Waals surface area (Å²) in [6.07, 6.45) is 1.03. The van der Waals surface area contributed by atoms with E-state index in [1.807, 2.05) is 29.2 Å². The van der Waals surface area contributed by atoms with Crippen LogP contribution in [0.2, 0.25) is 0 Å². The molecule has 2 aromatic rings. The Hall–Kier alpha value is -2.42. The van der Waals surface area contributed by atoms with Gasteiger partial charge < -0.3 is 4.90 Å². The molecule has 1 aliphatic rings. The third kappa shape index (κ3) is 2.80. The molecule has 0 spiro atoms. The van der Waals surface area contributed by atoms with E-state index in [9.17, 15) is 9.59 Å². The third-order valence-corrected chi connectivity index (χ3v) is 4.15. The number of carbonyl (C=O) groups excluding carboxylic acids is 2. The summed E-state index contributed by atoms with van der Waals surface area (Å²) in [7, 11) is 0. The highest BCUT2D eigenvalue weighted by Gasteiger charge is 2.27. The molecule has 0 N–H and O–H groups in total. The van der Waals surface area contributed by atoms with Gasteiger partial charge in [0.2, 0.25) is 0 Å². The van der Waals surface area contributed by atoms with Crippen LogP contribution in [0.25, 0.3) is 0 Å². The molecule has 3 nitrogen and oxygen atoms in total. The van der Waals surface area contributed by atoms with E-state index >= 15 is 0 Å². The van der Waals surface area contributed by atoms with Crippen molar-refractivity contribution >= 4 is 11.7 Å². The van der Waals surface area contributed by atoms with Gasteiger partial charge in [0.15, 0.2) is 5.78 Å². The molecule has 0 saturated carbocycles. The highest BCUT2D eigenvalue weighted by molar-refractivity contribution is 6.15. The zero-order valence-corrected chi connectivity index (χ0v) is 12.7. The number of hydrogen-bond acceptors (Lipinski definition) is 2. The summed E-state index contributed by atoms with van der Waals surface area (Å²) in [5.74, 6) is 0.391. The monoisotopic (exact) mass is 293 g/mol. The fourth-order valence-electron chi connectivity index (χ4n) is 2.90. The molecule has 0 aliphatic carbocycles. The number of carbonyl (C=O) groups is 2. The van der Waals surface area contributed by atoms with E-state index in [0.717, 1.165) is 19.5 Å². The molecular weight excluding hydrogens is 274 g/mol. The van der Waals surface area contributed by atoms with Crippen LogP contribution in [0.3, 0.4) is 0 Å². The average molecular weight is 293 g/mol. The lowest BCUT2D eigenvalue weighted by Gasteiger charge is -2.17. The first-order valence-corrected chi connectivity index (χ1v) is 7.65. The molecule has 3 rings (SSSR count). The van der Waals surface area contributed by atoms with Gasteiger partial charge >= 0.3 is 0 Å². The van der Waals surface area contributed by atoms with Crippen molar-refractivity contribution in [3.8, 4) is 0 Å². The molecule has 0 bridgehead atoms. The van der Waals surface area contributed by atoms with Crippen LogP contribution in [0.15, 0.2) is 54.6 Å². The largest absolute Gasteiger partial charge is 0.338 e. The van der Waals surface area contributed by atoms with Gasteiger partial charge in [-0.1, -0.05) is 55.5 Å². The lowest BCUT2D eigenvalue weighted by molar-refractivity contribution is 0.0783. The first-order chi connectivity index (χ1) is 10.7. The van der Waals surface area contributed by atoms with Gasteiger partial charge in [0.25, 0.3) is 5.91 Å². The van der Waals surface area contributed by atoms with E-state index in [-0.39, 0.29) is 11.7 Å². The number of amides is 1. The minimum absolute atomic E-state index is 0.0377. The molecule has 1 unspecified atom stereocenters. The van der Waals surface area contributed by atoms with Crippen LogP contribution in [0.1, 0.15) is 39.6 Å². The standard InChI is InChI=1S/C19H19NO2/c1-14-11-12-20(13-14)19(22)17-10-6-5-9-16(17)18(21)15-7-3-2-4-8-15/h2-10,14H,11-13H2,1H3. The van der Waals surface area contributed by atoms with Crippen LogP contribution >= 0.6 is 0 Å². The first-order valence-electron chi connectivity index (χ1n) is 7.65. The lowest BCUT2D eigenvalue weighted by atomic mass is 9.97. The van der Waals surface area contributed by atoms with E-state index in [0.29, 0.717) is 22.6 Å². The van der Waals surface area contributed by atoms with E-state index in [4.69, 9.17) is 0 Å². The average Bonchev–Trinajstić information content (AvgIpc) is 3.01. The maximum absolute atomic E-state index is 12.7. The van der Waals surface area contributed by atoms with E-state index < -0.39 is 0 Å². The van der Waals surface area contributed by atoms with Gasteiger partial charge in [-0.15, -0.1) is 0 Å². The Morgan fingerprint density at radius 3 is 2.23 bits per heavy atom. The van der Waals surface area contributed by atoms with Crippen LogP contribution in [-0.2, 0) is 0 Å². The highest BCUT2D eigenvalue weighted by Crippen LogP contribution is 2.21. The Bertz CT molecular complexity index is 694. The Morgan fingerprint density at radius 2 is 1.59 bits per heavy atom. The van der Waals surface area contributed by atoms with Gasteiger partial charge in [-0.25, -0.2) is 0 Å². The minimum atomic E-state index is -0.100. The zero-order chi connectivity index (χ0) is 15.5. The molecule has 22 heavy (non-hydrogen) atoms. The number of ketones is 1. The van der Waals surface area contributed by atoms with Crippen molar-refractivity contribution in [2.24, 2.45) is 5.92 Å². The van der Waals surface area contributed by atoms with Crippen molar-refractivity contribution in [1.29, 1.82) is 0 Å². The fourth-order valence-corrected chi connectivity index (χ4v) is 2.90. The van der Waals surface area contributed by atoms with Crippen molar-refractivity contribution in [3.63, 3.8) is 0 Å². The first kappa shape index (κ1) is 14.5. The summed E-state index contributed by atoms with van der Waals surface area (Å²) >= 11 is 0. The Morgan fingerprint density at radius 1 is 0.955 bits per heavy atom. The molecule has 3 heteroatoms. The molecular formula is C19H19NO2. The molecule has 1 saturated heterocycles. The van der Waals surface area contributed by atoms with Crippen molar-refractivity contribution in [3.05, 3.63) is 71.3 Å². The Labute approximate surface area is 130 Å². The van der Waals surface area contributed by atoms with Crippen LogP contribution < -0.4 is 0 Å². The second-order valence-electron chi connectivity index (χ2n) is 5.89. The number of likely N-dealkylation sites (tertiary alicyclic amines) is 1. The van der Waals surface area contributed by atoms with Crippen LogP contribution in [-0.4, -0.2) is 29.7 Å². The van der Waals surface area contributed by atoms with Gasteiger partial charge in [-0.2, -0.15) is 0 Å². The SMILES string of the molecule is CC1CCN(C(=O)c2ccccc2C(=O)c2ccccc2)C1. The second-order valence-corrected chi connectivity index (χ2v) is 5.89. The summed E-state index contributed by atoms with van der Waals surface area (Å²) in [6, 6.07) is 16.2. The fraction of sp³-hybridized carbons (Fsp3) is 0.263. The van der Waals surface area contributed by atoms with Gasteiger partial charge in [0, 0.05) is 24.2 Å². The van der Waals surface area contributed by atoms with Crippen molar-refractivity contribution < 1.29 is 9.59 Å². The molecule has 1 atom stereocenters. The molecule has 1 heterocycles. The van der Waals surface area contributed by atoms with Gasteiger partial charge in [-0.05, 0) is 18.4 Å². The van der Waals surface area contributed by atoms with Gasteiger partial charge in [-0.3, -0.25) is 9.59 Å². The summed E-state index contributed by atoms with van der Waals surface area (Å²) in [6.45, 7) is 3.69. The second kappa shape index (κ2) is 6.14. The van der Waals surface area contributed by atoms with Crippen molar-refractivity contribution in [1.82, 2.24) is 4.90 Å². The zero-order valence-electron chi connectivity index (χ0n) is 12.7. The van der Waals surface area contributed by atoms with Crippen molar-refractivity contribution in [2.45, 2.75) is 13.3 Å². The van der Waals surface area contributed by atoms with Crippen LogP contribution in [0, 0.1) is 5.92 Å². The van der Waals surface area contributed by atoms with E-state index in [1.54, 1.807) is 30.3 Å². The number of benzene rings is 2. The summed E-state index contributed by atoms with van der Waals surface area (Å²) in [5, 5.41) is 0. The summed E-state index contributed by atoms with van der Waals surface area (Å²) in [4.78, 5) is 27.3. The van der Waals surface area contributed by atoms with Gasteiger partial charge in [0.05, 0.1) is 5.56 Å². The molecule has 1 amide bonds. The molecule has 0 aromatic heterocycles. The predicted octanol–water partition coefficient (Wildman–Crippen LogP) is 3.40. The molecule has 112 valence electrons. The quantitative estimate of drug-likeness (QED) is 0.813. The summed E-state index contributed by atoms with van der Waals surface area (Å²) in [5.41, 5.74) is 1.60. The number of nitrogens with zero attached hydrogens (tertiary/aromatic N) is 1. The maximum Gasteiger partial charge on any atom is 0.254 e. The summed E-state index contributed by atoms with van der Waals surface area (Å²) < 4.78 is 0. The topological polar surface area (TPSA) is 37.4 Å².